The predicted molar refractivity (Wildman–Crippen MR) is 84.4 cm³/mol. The van der Waals surface area contributed by atoms with E-state index in [4.69, 9.17) is 0 Å². The van der Waals surface area contributed by atoms with Crippen molar-refractivity contribution in [1.82, 2.24) is 15.1 Å². The molecule has 2 rings (SSSR count). The van der Waals surface area contributed by atoms with Gasteiger partial charge in [0.05, 0.1) is 12.2 Å². The average molecular weight is 300 g/mol. The van der Waals surface area contributed by atoms with Gasteiger partial charge in [0.1, 0.15) is 11.9 Å². The Morgan fingerprint density at radius 3 is 2.59 bits per heavy atom. The van der Waals surface area contributed by atoms with Crippen molar-refractivity contribution in [3.63, 3.8) is 0 Å². The average Bonchev–Trinajstić information content (AvgIpc) is 2.79. The molecular weight excluding hydrogens is 280 g/mol. The largest absolute Gasteiger partial charge is 0.345 e. The maximum absolute atomic E-state index is 12.1. The maximum Gasteiger partial charge on any atom is 0.247 e. The van der Waals surface area contributed by atoms with Crippen LogP contribution in [0.25, 0.3) is 0 Å². The number of nitrogens with zero attached hydrogens (tertiary/aromatic N) is 2. The van der Waals surface area contributed by atoms with Crippen molar-refractivity contribution in [2.45, 2.75) is 33.4 Å². The first kappa shape index (κ1) is 15.8. The molecule has 0 bridgehead atoms. The molecule has 1 aromatic carbocycles. The number of anilines is 1. The summed E-state index contributed by atoms with van der Waals surface area (Å²) in [5.74, 6) is 0.101. The van der Waals surface area contributed by atoms with E-state index in [1.54, 1.807) is 17.7 Å². The molecule has 2 amide bonds. The van der Waals surface area contributed by atoms with E-state index in [9.17, 15) is 9.59 Å². The molecule has 0 saturated heterocycles. The first-order chi connectivity index (χ1) is 10.5. The Bertz CT molecular complexity index is 664. The molecular formula is C16H20N4O2. The van der Waals surface area contributed by atoms with Crippen LogP contribution < -0.4 is 10.6 Å². The van der Waals surface area contributed by atoms with E-state index < -0.39 is 6.04 Å². The molecule has 2 aromatic rings. The van der Waals surface area contributed by atoms with Crippen LogP contribution in [0.3, 0.4) is 0 Å². The Balaban J connectivity index is 2.11. The molecule has 6 nitrogen and oxygen atoms in total. The van der Waals surface area contributed by atoms with Gasteiger partial charge in [0.2, 0.25) is 11.8 Å². The van der Waals surface area contributed by atoms with Crippen molar-refractivity contribution in [2.24, 2.45) is 0 Å². The van der Waals surface area contributed by atoms with Gasteiger partial charge in [-0.05, 0) is 19.4 Å². The lowest BCUT2D eigenvalue weighted by molar-refractivity contribution is -0.124. The van der Waals surface area contributed by atoms with Gasteiger partial charge in [-0.25, -0.2) is 4.68 Å². The van der Waals surface area contributed by atoms with Crippen molar-refractivity contribution < 1.29 is 9.59 Å². The minimum absolute atomic E-state index is 0.239. The number of aromatic nitrogens is 2. The Morgan fingerprint density at radius 2 is 1.95 bits per heavy atom. The van der Waals surface area contributed by atoms with Crippen LogP contribution in [0.15, 0.2) is 36.4 Å². The highest BCUT2D eigenvalue weighted by Crippen LogP contribution is 2.13. The van der Waals surface area contributed by atoms with Crippen LogP contribution in [0.1, 0.15) is 25.1 Å². The van der Waals surface area contributed by atoms with Gasteiger partial charge in [-0.1, -0.05) is 30.3 Å². The van der Waals surface area contributed by atoms with Gasteiger partial charge < -0.3 is 10.6 Å². The number of carbonyl (C=O) groups is 2. The molecule has 22 heavy (non-hydrogen) atoms. The second-order valence-corrected chi connectivity index (χ2v) is 5.23. The molecule has 1 aromatic heterocycles. The smallest absolute Gasteiger partial charge is 0.247 e. The summed E-state index contributed by atoms with van der Waals surface area (Å²) in [4.78, 5) is 23.1. The minimum Gasteiger partial charge on any atom is -0.345 e. The van der Waals surface area contributed by atoms with Crippen LogP contribution in [0, 0.1) is 6.92 Å². The molecule has 0 saturated carbocycles. The Hall–Kier alpha value is -2.63. The number of benzene rings is 1. The standard InChI is InChI=1S/C16H20N4O2/c1-11-9-15(18-16(22)12(2)17-13(3)21)20(19-11)10-14-7-5-4-6-8-14/h4-9,12H,10H2,1-3H3,(H,17,21)(H,18,22). The number of carbonyl (C=O) groups excluding carboxylic acids is 2. The number of rotatable bonds is 5. The highest BCUT2D eigenvalue weighted by molar-refractivity contribution is 5.96. The third-order valence-corrected chi connectivity index (χ3v) is 3.14. The lowest BCUT2D eigenvalue weighted by atomic mass is 10.2. The summed E-state index contributed by atoms with van der Waals surface area (Å²) in [6, 6.07) is 11.1. The highest BCUT2D eigenvalue weighted by atomic mass is 16.2. The fraction of sp³-hybridized carbons (Fsp3) is 0.312. The normalized spacial score (nSPS) is 11.8. The van der Waals surface area contributed by atoms with Crippen LogP contribution in [0.4, 0.5) is 5.82 Å². The number of amides is 2. The molecule has 0 aliphatic heterocycles. The first-order valence-corrected chi connectivity index (χ1v) is 7.12. The summed E-state index contributed by atoms with van der Waals surface area (Å²) < 4.78 is 1.74. The van der Waals surface area contributed by atoms with E-state index in [0.29, 0.717) is 12.4 Å². The molecule has 1 heterocycles. The van der Waals surface area contributed by atoms with E-state index in [2.05, 4.69) is 15.7 Å². The van der Waals surface area contributed by atoms with Gasteiger partial charge in [-0.3, -0.25) is 9.59 Å². The Kier molecular flexibility index (Phi) is 4.93. The monoisotopic (exact) mass is 300 g/mol. The van der Waals surface area contributed by atoms with Crippen LogP contribution in [-0.4, -0.2) is 27.6 Å². The van der Waals surface area contributed by atoms with Crippen molar-refractivity contribution in [3.05, 3.63) is 47.7 Å². The molecule has 2 N–H and O–H groups in total. The third kappa shape index (κ3) is 4.18. The van der Waals surface area contributed by atoms with Crippen molar-refractivity contribution in [3.8, 4) is 0 Å². The van der Waals surface area contributed by atoms with Gasteiger partial charge in [0.15, 0.2) is 0 Å². The number of nitrogens with one attached hydrogen (secondary N) is 2. The minimum atomic E-state index is -0.599. The maximum atomic E-state index is 12.1. The lowest BCUT2D eigenvalue weighted by Gasteiger charge is -2.14. The van der Waals surface area contributed by atoms with Gasteiger partial charge in [0.25, 0.3) is 0 Å². The molecule has 0 fully saturated rings. The Labute approximate surface area is 129 Å². The zero-order chi connectivity index (χ0) is 16.1. The van der Waals surface area contributed by atoms with Gasteiger partial charge in [0, 0.05) is 13.0 Å². The van der Waals surface area contributed by atoms with Crippen molar-refractivity contribution >= 4 is 17.6 Å². The summed E-state index contributed by atoms with van der Waals surface area (Å²) in [6.07, 6.45) is 0. The van der Waals surface area contributed by atoms with Gasteiger partial charge in [-0.2, -0.15) is 5.10 Å². The summed E-state index contributed by atoms with van der Waals surface area (Å²) >= 11 is 0. The highest BCUT2D eigenvalue weighted by Gasteiger charge is 2.16. The Morgan fingerprint density at radius 1 is 1.27 bits per heavy atom. The van der Waals surface area contributed by atoms with E-state index in [0.717, 1.165) is 11.3 Å². The molecule has 1 atom stereocenters. The fourth-order valence-corrected chi connectivity index (χ4v) is 2.13. The molecule has 116 valence electrons. The second-order valence-electron chi connectivity index (χ2n) is 5.23. The van der Waals surface area contributed by atoms with Crippen LogP contribution in [0.5, 0.6) is 0 Å². The van der Waals surface area contributed by atoms with Gasteiger partial charge in [-0.15, -0.1) is 0 Å². The third-order valence-electron chi connectivity index (χ3n) is 3.14. The summed E-state index contributed by atoms with van der Waals surface area (Å²) in [5, 5.41) is 9.76. The van der Waals surface area contributed by atoms with E-state index in [1.165, 1.54) is 6.92 Å². The van der Waals surface area contributed by atoms with Crippen LogP contribution in [0.2, 0.25) is 0 Å². The zero-order valence-corrected chi connectivity index (χ0v) is 13.0. The molecule has 0 aliphatic carbocycles. The topological polar surface area (TPSA) is 76.0 Å². The second kappa shape index (κ2) is 6.89. The molecule has 1 unspecified atom stereocenters. The molecule has 0 spiro atoms. The molecule has 0 aliphatic rings. The first-order valence-electron chi connectivity index (χ1n) is 7.12. The summed E-state index contributed by atoms with van der Waals surface area (Å²) in [6.45, 7) is 5.46. The van der Waals surface area contributed by atoms with Crippen LogP contribution >= 0.6 is 0 Å². The zero-order valence-electron chi connectivity index (χ0n) is 13.0. The quantitative estimate of drug-likeness (QED) is 0.882. The van der Waals surface area contributed by atoms with E-state index in [1.807, 2.05) is 37.3 Å². The number of hydrogen-bond donors (Lipinski definition) is 2. The molecule has 6 heteroatoms. The fourth-order valence-electron chi connectivity index (χ4n) is 2.13. The number of hydrogen-bond acceptors (Lipinski definition) is 3. The molecule has 0 radical (unpaired) electrons. The van der Waals surface area contributed by atoms with E-state index >= 15 is 0 Å². The van der Waals surface area contributed by atoms with Crippen molar-refractivity contribution in [2.75, 3.05) is 5.32 Å². The summed E-state index contributed by atoms with van der Waals surface area (Å²) in [5.41, 5.74) is 1.91. The SMILES string of the molecule is CC(=O)NC(C)C(=O)Nc1cc(C)nn1Cc1ccccc1. The van der Waals surface area contributed by atoms with Gasteiger partial charge >= 0.3 is 0 Å². The van der Waals surface area contributed by atoms with Crippen LogP contribution in [-0.2, 0) is 16.1 Å². The summed E-state index contributed by atoms with van der Waals surface area (Å²) in [7, 11) is 0. The van der Waals surface area contributed by atoms with E-state index in [-0.39, 0.29) is 11.8 Å². The number of aryl methyl sites for hydroxylation is 1. The predicted octanol–water partition coefficient (Wildman–Crippen LogP) is 1.70. The lowest BCUT2D eigenvalue weighted by Crippen LogP contribution is -2.40. The van der Waals surface area contributed by atoms with Crippen molar-refractivity contribution in [1.29, 1.82) is 0 Å².